The number of halogens is 3. The maximum atomic E-state index is 12.7. The van der Waals surface area contributed by atoms with Crippen molar-refractivity contribution in [3.05, 3.63) is 64.7 Å². The zero-order valence-corrected chi connectivity index (χ0v) is 12.9. The van der Waals surface area contributed by atoms with Gasteiger partial charge in [0.1, 0.15) is 0 Å². The van der Waals surface area contributed by atoms with Gasteiger partial charge in [-0.25, -0.2) is 4.79 Å². The fraction of sp³-hybridized carbons (Fsp3) is 0.176. The minimum absolute atomic E-state index is 0.132. The molecule has 0 aliphatic rings. The Morgan fingerprint density at radius 1 is 1.08 bits per heavy atom. The van der Waals surface area contributed by atoms with Gasteiger partial charge in [0.05, 0.1) is 18.2 Å². The molecule has 0 saturated carbocycles. The number of methoxy groups -OCH3 is 1. The first-order valence-corrected chi connectivity index (χ1v) is 6.90. The summed E-state index contributed by atoms with van der Waals surface area (Å²) in [6, 6.07) is 8.73. The van der Waals surface area contributed by atoms with E-state index in [2.05, 4.69) is 10.1 Å². The zero-order valence-electron chi connectivity index (χ0n) is 12.9. The average Bonchev–Trinajstić information content (AvgIpc) is 2.55. The second-order valence-corrected chi connectivity index (χ2v) is 5.00. The predicted octanol–water partition coefficient (Wildman–Crippen LogP) is 4.05. The van der Waals surface area contributed by atoms with Gasteiger partial charge >= 0.3 is 12.1 Å². The lowest BCUT2D eigenvalue weighted by Gasteiger charge is -2.12. The van der Waals surface area contributed by atoms with E-state index in [1.54, 1.807) is 19.1 Å². The third-order valence-electron chi connectivity index (χ3n) is 3.44. The number of anilines is 1. The van der Waals surface area contributed by atoms with Crippen molar-refractivity contribution in [1.29, 1.82) is 0 Å². The van der Waals surface area contributed by atoms with Crippen LogP contribution < -0.4 is 5.32 Å². The van der Waals surface area contributed by atoms with Crippen LogP contribution in [-0.4, -0.2) is 19.0 Å². The highest BCUT2D eigenvalue weighted by molar-refractivity contribution is 6.05. The van der Waals surface area contributed by atoms with Crippen molar-refractivity contribution < 1.29 is 27.5 Å². The van der Waals surface area contributed by atoms with Gasteiger partial charge in [-0.15, -0.1) is 0 Å². The topological polar surface area (TPSA) is 55.4 Å². The van der Waals surface area contributed by atoms with Crippen LogP contribution in [0.2, 0.25) is 0 Å². The molecule has 4 nitrogen and oxygen atoms in total. The van der Waals surface area contributed by atoms with Gasteiger partial charge in [0, 0.05) is 11.3 Å². The molecule has 0 heterocycles. The summed E-state index contributed by atoms with van der Waals surface area (Å²) in [6.07, 6.45) is -4.53. The highest BCUT2D eigenvalue weighted by Gasteiger charge is 2.30. The average molecular weight is 337 g/mol. The molecule has 0 fully saturated rings. The Balaban J connectivity index is 2.29. The van der Waals surface area contributed by atoms with Crippen molar-refractivity contribution in [2.75, 3.05) is 12.4 Å². The number of esters is 1. The van der Waals surface area contributed by atoms with Crippen LogP contribution in [0, 0.1) is 6.92 Å². The van der Waals surface area contributed by atoms with Crippen molar-refractivity contribution in [3.63, 3.8) is 0 Å². The molecule has 0 bridgehead atoms. The van der Waals surface area contributed by atoms with Crippen molar-refractivity contribution in [2.24, 2.45) is 0 Å². The molecule has 0 saturated heterocycles. The molecule has 0 aromatic heterocycles. The van der Waals surface area contributed by atoms with Gasteiger partial charge in [0.25, 0.3) is 5.91 Å². The van der Waals surface area contributed by atoms with Gasteiger partial charge in [0.2, 0.25) is 0 Å². The minimum atomic E-state index is -4.53. The molecule has 0 spiro atoms. The second kappa shape index (κ2) is 6.74. The lowest BCUT2D eigenvalue weighted by molar-refractivity contribution is -0.137. The maximum Gasteiger partial charge on any atom is 0.416 e. The van der Waals surface area contributed by atoms with E-state index < -0.39 is 23.6 Å². The van der Waals surface area contributed by atoms with Gasteiger partial charge in [-0.3, -0.25) is 4.79 Å². The van der Waals surface area contributed by atoms with E-state index in [-0.39, 0.29) is 11.1 Å². The van der Waals surface area contributed by atoms with Gasteiger partial charge in [-0.2, -0.15) is 13.2 Å². The highest BCUT2D eigenvalue weighted by Crippen LogP contribution is 2.30. The molecule has 0 radical (unpaired) electrons. The summed E-state index contributed by atoms with van der Waals surface area (Å²) in [5, 5.41) is 2.51. The summed E-state index contributed by atoms with van der Waals surface area (Å²) in [6.45, 7) is 1.61. The van der Waals surface area contributed by atoms with E-state index in [1.165, 1.54) is 19.2 Å². The molecule has 126 valence electrons. The number of amides is 1. The lowest BCUT2D eigenvalue weighted by Crippen LogP contribution is -2.15. The van der Waals surface area contributed by atoms with Crippen LogP contribution >= 0.6 is 0 Å². The number of nitrogens with one attached hydrogen (secondary N) is 1. The van der Waals surface area contributed by atoms with Crippen LogP contribution in [0.3, 0.4) is 0 Å². The third kappa shape index (κ3) is 3.73. The fourth-order valence-electron chi connectivity index (χ4n) is 2.13. The maximum absolute atomic E-state index is 12.7. The first-order chi connectivity index (χ1) is 11.2. The molecular weight excluding hydrogens is 323 g/mol. The zero-order chi connectivity index (χ0) is 17.9. The summed E-state index contributed by atoms with van der Waals surface area (Å²) < 4.78 is 42.8. The van der Waals surface area contributed by atoms with Crippen molar-refractivity contribution >= 4 is 17.6 Å². The molecule has 1 N–H and O–H groups in total. The number of hydrogen-bond acceptors (Lipinski definition) is 3. The van der Waals surface area contributed by atoms with Crippen LogP contribution in [-0.2, 0) is 10.9 Å². The number of alkyl halides is 3. The van der Waals surface area contributed by atoms with E-state index in [1.807, 2.05) is 0 Å². The normalized spacial score (nSPS) is 11.0. The molecule has 0 aliphatic carbocycles. The quantitative estimate of drug-likeness (QED) is 0.860. The monoisotopic (exact) mass is 337 g/mol. The second-order valence-electron chi connectivity index (χ2n) is 5.00. The van der Waals surface area contributed by atoms with Crippen LogP contribution in [0.25, 0.3) is 0 Å². The largest absolute Gasteiger partial charge is 0.465 e. The fourth-order valence-corrected chi connectivity index (χ4v) is 2.13. The van der Waals surface area contributed by atoms with Gasteiger partial charge < -0.3 is 10.1 Å². The molecule has 0 atom stereocenters. The SMILES string of the molecule is COC(=O)c1cccc(NC(=O)c2cccc(C(F)(F)F)c2)c1C. The number of rotatable bonds is 3. The van der Waals surface area contributed by atoms with Crippen LogP contribution in [0.1, 0.15) is 31.8 Å². The molecule has 7 heteroatoms. The number of ether oxygens (including phenoxy) is 1. The molecule has 1 amide bonds. The molecule has 2 rings (SSSR count). The summed E-state index contributed by atoms with van der Waals surface area (Å²) in [4.78, 5) is 23.8. The Labute approximate surface area is 136 Å². The predicted molar refractivity (Wildman–Crippen MR) is 81.9 cm³/mol. The van der Waals surface area contributed by atoms with Crippen molar-refractivity contribution in [1.82, 2.24) is 0 Å². The molecule has 24 heavy (non-hydrogen) atoms. The summed E-state index contributed by atoms with van der Waals surface area (Å²) in [5.74, 6) is -1.27. The summed E-state index contributed by atoms with van der Waals surface area (Å²) >= 11 is 0. The van der Waals surface area contributed by atoms with Crippen LogP contribution in [0.15, 0.2) is 42.5 Å². The Hall–Kier alpha value is -2.83. The van der Waals surface area contributed by atoms with E-state index >= 15 is 0 Å². The minimum Gasteiger partial charge on any atom is -0.465 e. The standard InChI is InChI=1S/C17H14F3NO3/c1-10-13(16(23)24-2)7-4-8-14(10)21-15(22)11-5-3-6-12(9-11)17(18,19)20/h3-9H,1-2H3,(H,21,22). The van der Waals surface area contributed by atoms with E-state index in [0.717, 1.165) is 18.2 Å². The van der Waals surface area contributed by atoms with E-state index in [0.29, 0.717) is 11.3 Å². The summed E-state index contributed by atoms with van der Waals surface area (Å²) in [7, 11) is 1.23. The Kier molecular flexibility index (Phi) is 4.92. The van der Waals surface area contributed by atoms with Crippen molar-refractivity contribution in [3.8, 4) is 0 Å². The highest BCUT2D eigenvalue weighted by atomic mass is 19.4. The first kappa shape index (κ1) is 17.5. The molecule has 2 aromatic carbocycles. The Morgan fingerprint density at radius 3 is 2.38 bits per heavy atom. The smallest absolute Gasteiger partial charge is 0.416 e. The van der Waals surface area contributed by atoms with Crippen molar-refractivity contribution in [2.45, 2.75) is 13.1 Å². The number of benzene rings is 2. The van der Waals surface area contributed by atoms with Crippen LogP contribution in [0.4, 0.5) is 18.9 Å². The van der Waals surface area contributed by atoms with Crippen LogP contribution in [0.5, 0.6) is 0 Å². The number of carbonyl (C=O) groups is 2. The van der Waals surface area contributed by atoms with E-state index in [4.69, 9.17) is 0 Å². The third-order valence-corrected chi connectivity index (χ3v) is 3.44. The number of carbonyl (C=O) groups excluding carboxylic acids is 2. The molecule has 2 aromatic rings. The lowest BCUT2D eigenvalue weighted by atomic mass is 10.1. The Morgan fingerprint density at radius 2 is 1.75 bits per heavy atom. The van der Waals surface area contributed by atoms with Gasteiger partial charge in [0.15, 0.2) is 0 Å². The first-order valence-electron chi connectivity index (χ1n) is 6.90. The van der Waals surface area contributed by atoms with Gasteiger partial charge in [-0.1, -0.05) is 12.1 Å². The molecule has 0 unspecified atom stereocenters. The molecular formula is C17H14F3NO3. The van der Waals surface area contributed by atoms with E-state index in [9.17, 15) is 22.8 Å². The number of hydrogen-bond donors (Lipinski definition) is 1. The Bertz CT molecular complexity index is 785. The summed E-state index contributed by atoms with van der Waals surface area (Å²) in [5.41, 5.74) is 0.00668. The van der Waals surface area contributed by atoms with Gasteiger partial charge in [-0.05, 0) is 42.8 Å². The molecule has 0 aliphatic heterocycles.